The van der Waals surface area contributed by atoms with Crippen molar-refractivity contribution in [2.24, 2.45) is 0 Å². The van der Waals surface area contributed by atoms with Crippen molar-refractivity contribution in [3.63, 3.8) is 0 Å². The summed E-state index contributed by atoms with van der Waals surface area (Å²) in [6, 6.07) is 30.6. The molecule has 0 fully saturated rings. The van der Waals surface area contributed by atoms with E-state index in [4.69, 9.17) is 9.84 Å². The van der Waals surface area contributed by atoms with Crippen molar-refractivity contribution < 1.29 is 24.2 Å². The number of nitrogens with zero attached hydrogens (tertiary/aromatic N) is 1. The Morgan fingerprint density at radius 2 is 1.50 bits per heavy atom. The number of carbonyl (C=O) groups excluding carboxylic acids is 2. The highest BCUT2D eigenvalue weighted by molar-refractivity contribution is 6.05. The molecule has 2 amide bonds. The molecule has 1 aliphatic heterocycles. The van der Waals surface area contributed by atoms with E-state index in [0.29, 0.717) is 23.4 Å². The summed E-state index contributed by atoms with van der Waals surface area (Å²) in [6.45, 7) is 7.38. The van der Waals surface area contributed by atoms with Crippen LogP contribution in [0.5, 0.6) is 5.75 Å². The van der Waals surface area contributed by atoms with Crippen LogP contribution >= 0.6 is 0 Å². The number of nitrogens with one attached hydrogen (secondary N) is 1. The fourth-order valence-corrected chi connectivity index (χ4v) is 6.18. The number of rotatable bonds is 7. The van der Waals surface area contributed by atoms with Gasteiger partial charge in [-0.15, -0.1) is 0 Å². The van der Waals surface area contributed by atoms with E-state index in [9.17, 15) is 14.4 Å². The molecule has 4 aromatic rings. The number of benzene rings is 4. The van der Waals surface area contributed by atoms with Crippen LogP contribution in [0, 0.1) is 0 Å². The van der Waals surface area contributed by atoms with E-state index < -0.39 is 23.5 Å². The summed E-state index contributed by atoms with van der Waals surface area (Å²) in [5.74, 6) is -0.864. The topological polar surface area (TPSA) is 95.9 Å². The number of carboxylic acid groups (broad SMARTS) is 1. The molecule has 2 N–H and O–H groups in total. The van der Waals surface area contributed by atoms with Crippen LogP contribution < -0.4 is 15.0 Å². The van der Waals surface area contributed by atoms with Crippen LogP contribution in [0.15, 0.2) is 97.1 Å². The second kappa shape index (κ2) is 11.2. The average Bonchev–Trinajstić information content (AvgIpc) is 2.96. The van der Waals surface area contributed by atoms with Gasteiger partial charge in [0.25, 0.3) is 5.91 Å². The monoisotopic (exact) mass is 562 g/mol. The SMILES string of the molecule is CC(=O)N1c2ccc(NC(=O)c3ccc(-c4ccccc4)cc3)cc2C(C)(c2ccc(OCC(=O)O)cc2)CC1(C)C. The number of aliphatic carboxylic acids is 1. The van der Waals surface area contributed by atoms with Crippen LogP contribution in [-0.2, 0) is 15.0 Å². The number of hydrogen-bond donors (Lipinski definition) is 2. The fourth-order valence-electron chi connectivity index (χ4n) is 6.18. The minimum absolute atomic E-state index is 0.0593. The molecule has 0 radical (unpaired) electrons. The first-order valence-electron chi connectivity index (χ1n) is 13.9. The maximum Gasteiger partial charge on any atom is 0.341 e. The molecular formula is C35H34N2O5. The van der Waals surface area contributed by atoms with Gasteiger partial charge in [0, 0.05) is 34.8 Å². The highest BCUT2D eigenvalue weighted by Gasteiger charge is 2.47. The predicted octanol–water partition coefficient (Wildman–Crippen LogP) is 6.91. The van der Waals surface area contributed by atoms with Crippen LogP contribution in [0.25, 0.3) is 11.1 Å². The van der Waals surface area contributed by atoms with Gasteiger partial charge in [-0.05, 0) is 85.0 Å². The third-order valence-electron chi connectivity index (χ3n) is 7.90. The Kier molecular flexibility index (Phi) is 7.61. The van der Waals surface area contributed by atoms with Gasteiger partial charge < -0.3 is 20.1 Å². The van der Waals surface area contributed by atoms with Gasteiger partial charge in [0.1, 0.15) is 5.75 Å². The largest absolute Gasteiger partial charge is 0.482 e. The van der Waals surface area contributed by atoms with Gasteiger partial charge in [0.05, 0.1) is 0 Å². The maximum absolute atomic E-state index is 13.3. The second-order valence-corrected chi connectivity index (χ2v) is 11.5. The first kappa shape index (κ1) is 28.6. The molecule has 0 aromatic heterocycles. The van der Waals surface area contributed by atoms with Gasteiger partial charge in [-0.25, -0.2) is 4.79 Å². The quantitative estimate of drug-likeness (QED) is 0.255. The molecule has 1 heterocycles. The summed E-state index contributed by atoms with van der Waals surface area (Å²) < 4.78 is 5.34. The zero-order valence-electron chi connectivity index (χ0n) is 24.2. The van der Waals surface area contributed by atoms with E-state index >= 15 is 0 Å². The molecule has 7 heteroatoms. The van der Waals surface area contributed by atoms with Crippen LogP contribution in [0.1, 0.15) is 55.6 Å². The molecule has 1 aliphatic rings. The van der Waals surface area contributed by atoms with E-state index in [1.165, 1.54) is 0 Å². The molecule has 1 unspecified atom stereocenters. The van der Waals surface area contributed by atoms with Crippen LogP contribution in [0.3, 0.4) is 0 Å². The summed E-state index contributed by atoms with van der Waals surface area (Å²) >= 11 is 0. The first-order valence-corrected chi connectivity index (χ1v) is 13.9. The lowest BCUT2D eigenvalue weighted by Crippen LogP contribution is -2.55. The number of ether oxygens (including phenoxy) is 1. The highest BCUT2D eigenvalue weighted by atomic mass is 16.5. The second-order valence-electron chi connectivity index (χ2n) is 11.5. The maximum atomic E-state index is 13.3. The first-order chi connectivity index (χ1) is 20.0. The van der Waals surface area contributed by atoms with E-state index in [1.807, 2.05) is 89.8 Å². The molecule has 214 valence electrons. The van der Waals surface area contributed by atoms with Gasteiger partial charge in [0.15, 0.2) is 6.61 Å². The lowest BCUT2D eigenvalue weighted by atomic mass is 9.65. The average molecular weight is 563 g/mol. The smallest absolute Gasteiger partial charge is 0.341 e. The Bertz CT molecular complexity index is 1630. The molecule has 1 atom stereocenters. The fraction of sp³-hybridized carbons (Fsp3) is 0.229. The van der Waals surface area contributed by atoms with Crippen molar-refractivity contribution in [1.29, 1.82) is 0 Å². The van der Waals surface area contributed by atoms with Crippen molar-refractivity contribution >= 4 is 29.2 Å². The Morgan fingerprint density at radius 3 is 2.12 bits per heavy atom. The molecule has 7 nitrogen and oxygen atoms in total. The Labute approximate surface area is 245 Å². The molecular weight excluding hydrogens is 528 g/mol. The Morgan fingerprint density at radius 1 is 0.857 bits per heavy atom. The van der Waals surface area contributed by atoms with Crippen molar-refractivity contribution in [3.05, 3.63) is 114 Å². The molecule has 0 aliphatic carbocycles. The normalized spacial score (nSPS) is 17.2. The highest BCUT2D eigenvalue weighted by Crippen LogP contribution is 2.51. The van der Waals surface area contributed by atoms with Crippen molar-refractivity contribution in [2.75, 3.05) is 16.8 Å². The number of fused-ring (bicyclic) bond motifs is 1. The summed E-state index contributed by atoms with van der Waals surface area (Å²) in [6.07, 6.45) is 0.625. The Balaban J connectivity index is 1.48. The van der Waals surface area contributed by atoms with E-state index in [0.717, 1.165) is 27.9 Å². The Hall–Kier alpha value is -4.91. The molecule has 5 rings (SSSR count). The van der Waals surface area contributed by atoms with Crippen molar-refractivity contribution in [1.82, 2.24) is 0 Å². The number of hydrogen-bond acceptors (Lipinski definition) is 4. The minimum atomic E-state index is -1.04. The lowest BCUT2D eigenvalue weighted by Gasteiger charge is -2.51. The van der Waals surface area contributed by atoms with Gasteiger partial charge in [-0.2, -0.15) is 0 Å². The zero-order chi connectivity index (χ0) is 30.1. The van der Waals surface area contributed by atoms with Gasteiger partial charge >= 0.3 is 5.97 Å². The molecule has 0 saturated carbocycles. The van der Waals surface area contributed by atoms with Crippen LogP contribution in [0.4, 0.5) is 11.4 Å². The van der Waals surface area contributed by atoms with Crippen molar-refractivity contribution in [3.8, 4) is 16.9 Å². The standard InChI is InChI=1S/C35H34N2O5/c1-23(38)37-31-19-16-28(36-33(41)26-12-10-25(11-13-26)24-8-6-5-7-9-24)20-30(31)35(4,22-34(37,2)3)27-14-17-29(18-15-27)42-21-32(39)40/h5-20H,21-22H2,1-4H3,(H,36,41)(H,39,40). The third-order valence-corrected chi connectivity index (χ3v) is 7.90. The molecule has 42 heavy (non-hydrogen) atoms. The molecule has 0 saturated heterocycles. The summed E-state index contributed by atoms with van der Waals surface area (Å²) in [5.41, 5.74) is 4.96. The van der Waals surface area contributed by atoms with Gasteiger partial charge in [-0.1, -0.05) is 61.5 Å². The summed E-state index contributed by atoms with van der Waals surface area (Å²) in [5, 5.41) is 12.0. The zero-order valence-corrected chi connectivity index (χ0v) is 24.2. The van der Waals surface area contributed by atoms with Crippen LogP contribution in [0.2, 0.25) is 0 Å². The molecule has 0 bridgehead atoms. The summed E-state index contributed by atoms with van der Waals surface area (Å²) in [7, 11) is 0. The van der Waals surface area contributed by atoms with Gasteiger partial charge in [0.2, 0.25) is 5.91 Å². The van der Waals surface area contributed by atoms with Crippen LogP contribution in [-0.4, -0.2) is 35.0 Å². The van der Waals surface area contributed by atoms with E-state index in [-0.39, 0.29) is 11.8 Å². The third kappa shape index (κ3) is 5.63. The molecule has 0 spiro atoms. The predicted molar refractivity (Wildman–Crippen MR) is 164 cm³/mol. The van der Waals surface area contributed by atoms with Gasteiger partial charge in [-0.3, -0.25) is 9.59 Å². The molecule has 4 aromatic carbocycles. The number of anilines is 2. The van der Waals surface area contributed by atoms with E-state index in [1.54, 1.807) is 19.1 Å². The van der Waals surface area contributed by atoms with E-state index in [2.05, 4.69) is 26.1 Å². The lowest BCUT2D eigenvalue weighted by molar-refractivity contribution is -0.139. The summed E-state index contributed by atoms with van der Waals surface area (Å²) in [4.78, 5) is 38.9. The van der Waals surface area contributed by atoms with Crippen molar-refractivity contribution in [2.45, 2.75) is 45.1 Å². The number of carbonyl (C=O) groups is 3. The number of amides is 2. The minimum Gasteiger partial charge on any atom is -0.482 e. The number of carboxylic acids is 1.